The summed E-state index contributed by atoms with van der Waals surface area (Å²) in [6, 6.07) is 4.95. The molecule has 3 fully saturated rings. The first-order valence-electron chi connectivity index (χ1n) is 13.3. The van der Waals surface area contributed by atoms with Crippen molar-refractivity contribution in [2.75, 3.05) is 38.7 Å². The van der Waals surface area contributed by atoms with Crippen LogP contribution in [0.4, 0.5) is 18.9 Å². The van der Waals surface area contributed by atoms with E-state index >= 15 is 0 Å². The monoisotopic (exact) mass is 532 g/mol. The van der Waals surface area contributed by atoms with E-state index in [2.05, 4.69) is 22.6 Å². The Kier molecular flexibility index (Phi) is 7.30. The number of carbonyl (C=O) groups is 1. The van der Waals surface area contributed by atoms with Crippen molar-refractivity contribution in [2.24, 2.45) is 11.8 Å². The maximum Gasteiger partial charge on any atom is 0.416 e. The minimum atomic E-state index is -4.48. The summed E-state index contributed by atoms with van der Waals surface area (Å²) in [6.45, 7) is 6.11. The quantitative estimate of drug-likeness (QED) is 0.578. The van der Waals surface area contributed by atoms with E-state index in [0.29, 0.717) is 54.7 Å². The molecule has 4 atom stereocenters. The molecule has 7 nitrogen and oxygen atoms in total. The Morgan fingerprint density at radius 1 is 1.16 bits per heavy atom. The van der Waals surface area contributed by atoms with E-state index in [1.54, 1.807) is 23.8 Å². The number of likely N-dealkylation sites (tertiary alicyclic amines) is 1. The summed E-state index contributed by atoms with van der Waals surface area (Å²) in [5.41, 5.74) is 0.396. The Hall–Kier alpha value is -2.85. The second kappa shape index (κ2) is 10.4. The molecule has 206 valence electrons. The molecular weight excluding hydrogens is 497 g/mol. The molecule has 10 heteroatoms. The molecule has 1 aromatic carbocycles. The van der Waals surface area contributed by atoms with Crippen molar-refractivity contribution in [1.82, 2.24) is 14.8 Å². The van der Waals surface area contributed by atoms with Gasteiger partial charge in [-0.15, -0.1) is 0 Å². The predicted octanol–water partition coefficient (Wildman–Crippen LogP) is 4.38. The highest BCUT2D eigenvalue weighted by Crippen LogP contribution is 2.42. The summed E-state index contributed by atoms with van der Waals surface area (Å²) in [5.74, 6) is 0.456. The van der Waals surface area contributed by atoms with Gasteiger partial charge in [0, 0.05) is 50.7 Å². The lowest BCUT2D eigenvalue weighted by molar-refractivity contribution is -0.138. The number of pyridine rings is 1. The molecule has 5 rings (SSSR count). The molecule has 1 amide bonds. The second-order valence-corrected chi connectivity index (χ2v) is 11.0. The van der Waals surface area contributed by atoms with E-state index in [0.717, 1.165) is 25.6 Å². The molecule has 2 N–H and O–H groups in total. The van der Waals surface area contributed by atoms with Crippen LogP contribution in [-0.2, 0) is 10.9 Å². The predicted molar refractivity (Wildman–Crippen MR) is 138 cm³/mol. The van der Waals surface area contributed by atoms with Crippen LogP contribution in [0.1, 0.15) is 65.3 Å². The van der Waals surface area contributed by atoms with Crippen LogP contribution >= 0.6 is 0 Å². The van der Waals surface area contributed by atoms with Gasteiger partial charge in [0.2, 0.25) is 0 Å². The number of carbonyl (C=O) groups excluding carboxylic acids is 1. The zero-order valence-corrected chi connectivity index (χ0v) is 22.0. The number of fused-ring (bicyclic) bond motifs is 2. The number of hydrogen-bond donors (Lipinski definition) is 2. The van der Waals surface area contributed by atoms with Gasteiger partial charge in [-0.1, -0.05) is 12.1 Å². The van der Waals surface area contributed by atoms with E-state index in [-0.39, 0.29) is 23.2 Å². The lowest BCUT2D eigenvalue weighted by atomic mass is 9.66. The van der Waals surface area contributed by atoms with Gasteiger partial charge in [-0.25, -0.2) is 0 Å². The average molecular weight is 533 g/mol. The van der Waals surface area contributed by atoms with Crippen molar-refractivity contribution in [3.8, 4) is 0 Å². The smallest absolute Gasteiger partial charge is 0.381 e. The SMILES string of the molecule is Cc1c([C@@H](C)NC(=O)c2cn(C3CCOCC3)c(=O)cc2N[C@H]2[C@@H]3C[C@H]2CN(C)C3)cccc1C(F)(F)F. The molecular formula is C28H35F3N4O3. The molecule has 2 bridgehead atoms. The number of nitrogens with one attached hydrogen (secondary N) is 2. The second-order valence-electron chi connectivity index (χ2n) is 11.0. The highest BCUT2D eigenvalue weighted by molar-refractivity contribution is 5.99. The van der Waals surface area contributed by atoms with Crippen LogP contribution in [0.5, 0.6) is 0 Å². The molecule has 3 aliphatic rings. The van der Waals surface area contributed by atoms with E-state index in [4.69, 9.17) is 4.74 Å². The molecule has 2 aromatic rings. The molecule has 2 aliphatic heterocycles. The Labute approximate surface area is 220 Å². The Bertz CT molecular complexity index is 1240. The summed E-state index contributed by atoms with van der Waals surface area (Å²) in [4.78, 5) is 29.1. The first-order valence-corrected chi connectivity index (χ1v) is 13.3. The maximum atomic E-state index is 13.7. The lowest BCUT2D eigenvalue weighted by Gasteiger charge is -2.53. The minimum absolute atomic E-state index is 0.0725. The minimum Gasteiger partial charge on any atom is -0.381 e. The molecule has 0 unspecified atom stereocenters. The van der Waals surface area contributed by atoms with E-state index in [1.165, 1.54) is 19.1 Å². The number of halogens is 3. The van der Waals surface area contributed by atoms with Crippen LogP contribution in [0.25, 0.3) is 0 Å². The summed E-state index contributed by atoms with van der Waals surface area (Å²) >= 11 is 0. The number of piperidine rings is 2. The van der Waals surface area contributed by atoms with E-state index in [1.807, 2.05) is 0 Å². The molecule has 1 aromatic heterocycles. The van der Waals surface area contributed by atoms with E-state index in [9.17, 15) is 22.8 Å². The van der Waals surface area contributed by atoms with Crippen molar-refractivity contribution >= 4 is 11.6 Å². The van der Waals surface area contributed by atoms with Gasteiger partial charge in [0.15, 0.2) is 0 Å². The largest absolute Gasteiger partial charge is 0.416 e. The van der Waals surface area contributed by atoms with Crippen LogP contribution in [0.15, 0.2) is 35.3 Å². The first-order chi connectivity index (χ1) is 18.0. The van der Waals surface area contributed by atoms with E-state index < -0.39 is 23.7 Å². The van der Waals surface area contributed by atoms with Crippen molar-refractivity contribution in [3.63, 3.8) is 0 Å². The normalized spacial score (nSPS) is 24.9. The number of benzene rings is 1. The number of aromatic nitrogens is 1. The molecule has 3 heterocycles. The standard InChI is InChI=1S/C28H35F3N4O3/c1-16-21(5-4-6-23(16)28(29,30)31)17(2)32-27(37)22-15-35(20-7-9-38-10-8-20)25(36)12-24(22)33-26-18-11-19(26)14-34(3)13-18/h4-6,12,15,17-20,26,33H,7-11,13-14H2,1-3H3,(H,32,37)/t17-,18-,19+,26+/m1/s1. The molecule has 1 aliphatic carbocycles. The first kappa shape index (κ1) is 26.7. The third kappa shape index (κ3) is 5.20. The number of anilines is 1. The lowest BCUT2D eigenvalue weighted by Crippen LogP contribution is -2.60. The van der Waals surface area contributed by atoms with Crippen LogP contribution in [-0.4, -0.2) is 54.8 Å². The molecule has 1 saturated carbocycles. The number of ether oxygens (including phenoxy) is 1. The van der Waals surface area contributed by atoms with Gasteiger partial charge >= 0.3 is 6.18 Å². The van der Waals surface area contributed by atoms with Gasteiger partial charge in [-0.2, -0.15) is 13.2 Å². The number of rotatable bonds is 6. The number of nitrogens with zero attached hydrogens (tertiary/aromatic N) is 2. The zero-order valence-electron chi connectivity index (χ0n) is 22.0. The van der Waals surface area contributed by atoms with Crippen LogP contribution in [0, 0.1) is 18.8 Å². The van der Waals surface area contributed by atoms with Crippen LogP contribution < -0.4 is 16.2 Å². The Morgan fingerprint density at radius 2 is 1.84 bits per heavy atom. The molecule has 0 spiro atoms. The third-order valence-electron chi connectivity index (χ3n) is 8.44. The van der Waals surface area contributed by atoms with Gasteiger partial charge < -0.3 is 24.8 Å². The molecule has 0 radical (unpaired) electrons. The van der Waals surface area contributed by atoms with Crippen molar-refractivity contribution < 1.29 is 22.7 Å². The van der Waals surface area contributed by atoms with Crippen LogP contribution in [0.2, 0.25) is 0 Å². The highest BCUT2D eigenvalue weighted by atomic mass is 19.4. The number of amides is 1. The third-order valence-corrected chi connectivity index (χ3v) is 8.44. The van der Waals surface area contributed by atoms with Crippen molar-refractivity contribution in [1.29, 1.82) is 0 Å². The Morgan fingerprint density at radius 3 is 2.50 bits per heavy atom. The van der Waals surface area contributed by atoms with Crippen LogP contribution in [0.3, 0.4) is 0 Å². The fourth-order valence-electron chi connectivity index (χ4n) is 6.42. The van der Waals surface area contributed by atoms with Gasteiger partial charge in [-0.05, 0) is 69.2 Å². The fraction of sp³-hybridized carbons (Fsp3) is 0.571. The van der Waals surface area contributed by atoms with Crippen molar-refractivity contribution in [2.45, 2.75) is 57.4 Å². The van der Waals surface area contributed by atoms with Crippen molar-refractivity contribution in [3.05, 3.63) is 63.1 Å². The van der Waals surface area contributed by atoms with Gasteiger partial charge in [-0.3, -0.25) is 9.59 Å². The number of alkyl halides is 3. The maximum absolute atomic E-state index is 13.7. The summed E-state index contributed by atoms with van der Waals surface area (Å²) in [6.07, 6.45) is -0.398. The van der Waals surface area contributed by atoms with Gasteiger partial charge in [0.05, 0.1) is 22.9 Å². The van der Waals surface area contributed by atoms with Gasteiger partial charge in [0.25, 0.3) is 11.5 Å². The summed E-state index contributed by atoms with van der Waals surface area (Å²) in [5, 5.41) is 6.39. The molecule has 2 saturated heterocycles. The zero-order chi connectivity index (χ0) is 27.2. The van der Waals surface area contributed by atoms with Gasteiger partial charge in [0.1, 0.15) is 0 Å². The average Bonchev–Trinajstić information content (AvgIpc) is 2.87. The number of hydrogen-bond acceptors (Lipinski definition) is 5. The summed E-state index contributed by atoms with van der Waals surface area (Å²) in [7, 11) is 2.10. The Balaban J connectivity index is 1.44. The topological polar surface area (TPSA) is 75.6 Å². The highest BCUT2D eigenvalue weighted by Gasteiger charge is 2.46. The molecule has 38 heavy (non-hydrogen) atoms. The summed E-state index contributed by atoms with van der Waals surface area (Å²) < 4.78 is 47.5. The fourth-order valence-corrected chi connectivity index (χ4v) is 6.42.